The van der Waals surface area contributed by atoms with E-state index in [-0.39, 0.29) is 5.92 Å². The van der Waals surface area contributed by atoms with E-state index in [0.29, 0.717) is 22.4 Å². The third-order valence-corrected chi connectivity index (χ3v) is 8.24. The Balaban J connectivity index is 1.27. The number of ether oxygens (including phenoxy) is 1. The minimum atomic E-state index is -1.31. The van der Waals surface area contributed by atoms with Crippen molar-refractivity contribution in [1.82, 2.24) is 15.0 Å². The first kappa shape index (κ1) is 25.1. The Morgan fingerprint density at radius 3 is 2.44 bits per heavy atom. The molecule has 1 saturated carbocycles. The molecular weight excluding hydrogens is 476 g/mol. The zero-order valence-electron chi connectivity index (χ0n) is 21.0. The minimum Gasteiger partial charge on any atom is -0.434 e. The molecule has 7 nitrogen and oxygen atoms in total. The Labute approximate surface area is 217 Å². The maximum Gasteiger partial charge on any atom is 0.301 e. The maximum absolute atomic E-state index is 9.68. The van der Waals surface area contributed by atoms with Crippen LogP contribution in [0, 0.1) is 11.3 Å². The van der Waals surface area contributed by atoms with Crippen LogP contribution in [-0.4, -0.2) is 44.5 Å². The van der Waals surface area contributed by atoms with E-state index in [9.17, 15) is 10.2 Å². The second kappa shape index (κ2) is 10.4. The van der Waals surface area contributed by atoms with Gasteiger partial charge in [0.15, 0.2) is 11.9 Å². The molecule has 2 fully saturated rings. The number of aromatic amines is 1. The Morgan fingerprint density at radius 2 is 1.78 bits per heavy atom. The number of anilines is 1. The number of nitrogens with one attached hydrogen (secondary N) is 1. The molecule has 36 heavy (non-hydrogen) atoms. The van der Waals surface area contributed by atoms with Crippen LogP contribution in [-0.2, 0) is 0 Å². The predicted octanol–water partition coefficient (Wildman–Crippen LogP) is 6.06. The van der Waals surface area contributed by atoms with Gasteiger partial charge in [0, 0.05) is 29.8 Å². The van der Waals surface area contributed by atoms with Crippen LogP contribution < -0.4 is 9.64 Å². The van der Waals surface area contributed by atoms with E-state index in [2.05, 4.69) is 39.1 Å². The summed E-state index contributed by atoms with van der Waals surface area (Å²) < 4.78 is 5.85. The maximum atomic E-state index is 9.68. The topological polar surface area (TPSA) is 94.5 Å². The molecule has 3 heterocycles. The summed E-state index contributed by atoms with van der Waals surface area (Å²) in [5, 5.41) is 19.9. The third-order valence-electron chi connectivity index (χ3n) is 7.95. The number of pyridine rings is 1. The number of H-pyrrole nitrogens is 1. The van der Waals surface area contributed by atoms with Crippen molar-refractivity contribution in [2.45, 2.75) is 65.1 Å². The summed E-state index contributed by atoms with van der Waals surface area (Å²) in [5.41, 5.74) is 4.87. The molecule has 2 aliphatic rings. The van der Waals surface area contributed by atoms with Crippen molar-refractivity contribution in [1.29, 1.82) is 0 Å². The fourth-order valence-corrected chi connectivity index (χ4v) is 5.60. The average Bonchev–Trinajstić information content (AvgIpc) is 3.29. The van der Waals surface area contributed by atoms with Gasteiger partial charge in [-0.15, -0.1) is 0 Å². The number of fused-ring (bicyclic) bond motifs is 1. The van der Waals surface area contributed by atoms with Crippen molar-refractivity contribution in [2.24, 2.45) is 11.3 Å². The lowest BCUT2D eigenvalue weighted by molar-refractivity contribution is -0.146. The smallest absolute Gasteiger partial charge is 0.301 e. The zero-order chi connectivity index (χ0) is 25.3. The number of hydrogen-bond donors (Lipinski definition) is 3. The van der Waals surface area contributed by atoms with E-state index in [4.69, 9.17) is 21.3 Å². The van der Waals surface area contributed by atoms with E-state index in [1.807, 2.05) is 19.9 Å². The van der Waals surface area contributed by atoms with Gasteiger partial charge in [-0.3, -0.25) is 0 Å². The van der Waals surface area contributed by atoms with E-state index < -0.39 is 11.7 Å². The first-order chi connectivity index (χ1) is 17.3. The number of aliphatic hydroxyl groups is 2. The summed E-state index contributed by atoms with van der Waals surface area (Å²) >= 11 is 6.60. The summed E-state index contributed by atoms with van der Waals surface area (Å²) in [4.78, 5) is 14.8. The summed E-state index contributed by atoms with van der Waals surface area (Å²) in [6.07, 6.45) is 7.79. The standard InChI is InChI=1S/C28H35ClN4O3/c1-28(2,26(34)35)20-10-6-18(7-11-20)17-36-27-30-23-16-22(29)24(31-25(23)32-27)19-8-12-21(13-9-19)33-14-4-3-5-15-33/h8-9,12-13,16-17,20,26,34-35H,3-7,10-11,14-15H2,1-2H3,(H,30,31,32). The Bertz CT molecular complexity index is 1220. The Kier molecular flexibility index (Phi) is 7.24. The molecule has 3 aromatic rings. The molecule has 0 unspecified atom stereocenters. The normalized spacial score (nSPS) is 19.2. The SMILES string of the molecule is CC(C)(C(O)O)C1CCC(=COc2nc3nc(-c4ccc(N5CCCCC5)cc4)c(Cl)cc3[nH]2)CC1. The molecule has 1 saturated heterocycles. The third kappa shape index (κ3) is 5.24. The number of hydrogen-bond acceptors (Lipinski definition) is 6. The average molecular weight is 511 g/mol. The zero-order valence-corrected chi connectivity index (χ0v) is 21.8. The number of halogens is 1. The largest absolute Gasteiger partial charge is 0.434 e. The highest BCUT2D eigenvalue weighted by molar-refractivity contribution is 6.33. The van der Waals surface area contributed by atoms with E-state index in [1.165, 1.54) is 30.5 Å². The fourth-order valence-electron chi connectivity index (χ4n) is 5.34. The van der Waals surface area contributed by atoms with Gasteiger partial charge in [0.1, 0.15) is 0 Å². The van der Waals surface area contributed by atoms with Crippen LogP contribution in [0.2, 0.25) is 5.02 Å². The first-order valence-electron chi connectivity index (χ1n) is 12.9. The molecule has 0 amide bonds. The molecule has 0 radical (unpaired) electrons. The number of aliphatic hydroxyl groups excluding tert-OH is 1. The van der Waals surface area contributed by atoms with Crippen LogP contribution in [0.3, 0.4) is 0 Å². The van der Waals surface area contributed by atoms with Gasteiger partial charge in [0.2, 0.25) is 0 Å². The number of nitrogens with zero attached hydrogens (tertiary/aromatic N) is 3. The van der Waals surface area contributed by atoms with Crippen molar-refractivity contribution < 1.29 is 14.9 Å². The van der Waals surface area contributed by atoms with Crippen molar-refractivity contribution >= 4 is 28.5 Å². The van der Waals surface area contributed by atoms with Gasteiger partial charge in [-0.25, -0.2) is 4.98 Å². The Morgan fingerprint density at radius 1 is 1.08 bits per heavy atom. The monoisotopic (exact) mass is 510 g/mol. The van der Waals surface area contributed by atoms with E-state index >= 15 is 0 Å². The molecule has 1 aromatic carbocycles. The number of imidazole rings is 1. The number of aromatic nitrogens is 3. The van der Waals surface area contributed by atoms with Crippen LogP contribution in [0.25, 0.3) is 22.4 Å². The highest BCUT2D eigenvalue weighted by Crippen LogP contribution is 2.41. The van der Waals surface area contributed by atoms with Gasteiger partial charge in [-0.2, -0.15) is 4.98 Å². The van der Waals surface area contributed by atoms with Crippen molar-refractivity contribution in [3.63, 3.8) is 0 Å². The molecule has 1 aliphatic heterocycles. The summed E-state index contributed by atoms with van der Waals surface area (Å²) in [6.45, 7) is 6.05. The number of benzene rings is 1. The number of piperidine rings is 1. The highest BCUT2D eigenvalue weighted by Gasteiger charge is 2.36. The molecule has 0 atom stereocenters. The van der Waals surface area contributed by atoms with Crippen molar-refractivity contribution in [3.8, 4) is 17.3 Å². The fraction of sp³-hybridized carbons (Fsp3) is 0.500. The molecule has 1 aliphatic carbocycles. The van der Waals surface area contributed by atoms with E-state index in [1.54, 1.807) is 6.26 Å². The first-order valence-corrected chi connectivity index (χ1v) is 13.3. The van der Waals surface area contributed by atoms with Crippen LogP contribution in [0.4, 0.5) is 5.69 Å². The van der Waals surface area contributed by atoms with E-state index in [0.717, 1.165) is 49.9 Å². The summed E-state index contributed by atoms with van der Waals surface area (Å²) in [6, 6.07) is 10.7. The second-order valence-electron chi connectivity index (χ2n) is 10.7. The van der Waals surface area contributed by atoms with Crippen LogP contribution >= 0.6 is 11.6 Å². The van der Waals surface area contributed by atoms with Crippen molar-refractivity contribution in [3.05, 3.63) is 47.2 Å². The molecule has 3 N–H and O–H groups in total. The van der Waals surface area contributed by atoms with Gasteiger partial charge >= 0.3 is 6.01 Å². The van der Waals surface area contributed by atoms with Gasteiger partial charge in [-0.05, 0) is 74.6 Å². The summed E-state index contributed by atoms with van der Waals surface area (Å²) in [7, 11) is 0. The molecule has 5 rings (SSSR count). The molecular formula is C28H35ClN4O3. The minimum absolute atomic E-state index is 0.263. The van der Waals surface area contributed by atoms with Gasteiger partial charge < -0.3 is 24.8 Å². The summed E-state index contributed by atoms with van der Waals surface area (Å²) in [5.74, 6) is 0.263. The van der Waals surface area contributed by atoms with Gasteiger partial charge in [0.05, 0.1) is 22.5 Å². The molecule has 0 bridgehead atoms. The molecule has 2 aromatic heterocycles. The lowest BCUT2D eigenvalue weighted by Gasteiger charge is -2.38. The van der Waals surface area contributed by atoms with Crippen LogP contribution in [0.5, 0.6) is 6.01 Å². The lowest BCUT2D eigenvalue weighted by Crippen LogP contribution is -2.37. The molecule has 0 spiro atoms. The lowest BCUT2D eigenvalue weighted by atomic mass is 9.70. The van der Waals surface area contributed by atoms with Crippen LogP contribution in [0.1, 0.15) is 58.8 Å². The Hall–Kier alpha value is -2.61. The number of allylic oxidation sites excluding steroid dienone is 1. The quantitative estimate of drug-likeness (QED) is 0.275. The van der Waals surface area contributed by atoms with Crippen LogP contribution in [0.15, 0.2) is 42.2 Å². The predicted molar refractivity (Wildman–Crippen MR) is 143 cm³/mol. The number of rotatable bonds is 6. The molecule has 8 heteroatoms. The molecule has 192 valence electrons. The van der Waals surface area contributed by atoms with Gasteiger partial charge in [0.25, 0.3) is 0 Å². The second-order valence-corrected chi connectivity index (χ2v) is 11.1. The van der Waals surface area contributed by atoms with Gasteiger partial charge in [-0.1, -0.05) is 37.6 Å². The van der Waals surface area contributed by atoms with Crippen molar-refractivity contribution in [2.75, 3.05) is 18.0 Å². The highest BCUT2D eigenvalue weighted by atomic mass is 35.5.